The van der Waals surface area contributed by atoms with E-state index in [1.807, 2.05) is 34.6 Å². The molecule has 0 saturated carbocycles. The highest BCUT2D eigenvalue weighted by molar-refractivity contribution is 7.96. The molecule has 0 aromatic heterocycles. The zero-order valence-corrected chi connectivity index (χ0v) is 23.8. The first-order valence-electron chi connectivity index (χ1n) is 12.3. The van der Waals surface area contributed by atoms with Crippen LogP contribution in [-0.4, -0.2) is 51.6 Å². The first-order chi connectivity index (χ1) is 17.3. The fourth-order valence-corrected chi connectivity index (χ4v) is 6.15. The molecule has 2 aliphatic heterocycles. The smallest absolute Gasteiger partial charge is 0.260 e. The Bertz CT molecular complexity index is 1360. The van der Waals surface area contributed by atoms with Crippen molar-refractivity contribution < 1.29 is 26.7 Å². The number of nitrogens with one attached hydrogen (secondary N) is 2. The Balaban J connectivity index is 0.00000235. The summed E-state index contributed by atoms with van der Waals surface area (Å²) in [6, 6.07) is 4.88. The van der Waals surface area contributed by atoms with Crippen LogP contribution in [0.2, 0.25) is 0 Å². The third-order valence-corrected chi connectivity index (χ3v) is 8.24. The van der Waals surface area contributed by atoms with Crippen molar-refractivity contribution in [1.29, 1.82) is 5.26 Å². The van der Waals surface area contributed by atoms with E-state index in [9.17, 15) is 32.0 Å². The number of allylic oxidation sites excluding steroid dienone is 1. The Hall–Kier alpha value is -3.04. The Kier molecular flexibility index (Phi) is 9.79. The number of unbranched alkanes of at least 4 members (excludes halogenated alkanes) is 1. The number of hydrogen-bond acceptors (Lipinski definition) is 8. The first kappa shape index (κ1) is 30.2. The van der Waals surface area contributed by atoms with Crippen LogP contribution in [0.1, 0.15) is 60.3 Å². The second kappa shape index (κ2) is 12.0. The van der Waals surface area contributed by atoms with Crippen LogP contribution in [0, 0.1) is 17.2 Å². The van der Waals surface area contributed by atoms with Gasteiger partial charge in [0.1, 0.15) is 17.4 Å². The van der Waals surface area contributed by atoms with Gasteiger partial charge in [-0.05, 0) is 37.0 Å². The molecular weight excluding hydrogens is 516 g/mol. The van der Waals surface area contributed by atoms with E-state index in [4.69, 9.17) is 0 Å². The quantitative estimate of drug-likeness (QED) is 0.410. The number of sulfone groups is 1. The summed E-state index contributed by atoms with van der Waals surface area (Å²) in [5.74, 6) is -0.477. The third-order valence-electron chi connectivity index (χ3n) is 5.88. The maximum atomic E-state index is 13.4. The number of amides is 1. The fourth-order valence-electron chi connectivity index (χ4n) is 4.14. The van der Waals surface area contributed by atoms with Gasteiger partial charge in [-0.15, -0.1) is 0 Å². The zero-order chi connectivity index (χ0) is 28.1. The van der Waals surface area contributed by atoms with Gasteiger partial charge in [0, 0.05) is 12.2 Å². The van der Waals surface area contributed by atoms with Crippen LogP contribution in [0.3, 0.4) is 0 Å². The van der Waals surface area contributed by atoms with Gasteiger partial charge in [-0.2, -0.15) is 5.26 Å². The molecule has 12 heteroatoms. The number of carbonyl (C=O) groups is 1. The number of nitrogens with zero attached hydrogens (tertiary/aromatic N) is 2. The Morgan fingerprint density at radius 3 is 2.46 bits per heavy atom. The topological polar surface area (TPSA) is 157 Å². The van der Waals surface area contributed by atoms with E-state index in [1.165, 1.54) is 12.1 Å². The predicted molar refractivity (Wildman–Crippen MR) is 144 cm³/mol. The fraction of sp³-hybridized carbons (Fsp3) is 0.520. The van der Waals surface area contributed by atoms with E-state index < -0.39 is 36.7 Å². The molecule has 204 valence electrons. The number of aliphatic hydroxyl groups excluding tert-OH is 1. The van der Waals surface area contributed by atoms with E-state index in [-0.39, 0.29) is 33.3 Å². The van der Waals surface area contributed by atoms with Crippen molar-refractivity contribution in [2.45, 2.75) is 71.2 Å². The summed E-state index contributed by atoms with van der Waals surface area (Å²) in [7, 11) is -8.08. The molecule has 1 unspecified atom stereocenters. The van der Waals surface area contributed by atoms with E-state index in [2.05, 4.69) is 10.0 Å². The lowest BCUT2D eigenvalue weighted by Gasteiger charge is -2.26. The van der Waals surface area contributed by atoms with Gasteiger partial charge in [0.25, 0.3) is 5.91 Å². The normalized spacial score (nSPS) is 18.7. The van der Waals surface area contributed by atoms with Crippen LogP contribution < -0.4 is 10.0 Å². The number of nitriles is 1. The number of anilines is 2. The van der Waals surface area contributed by atoms with Crippen molar-refractivity contribution in [2.75, 3.05) is 22.8 Å². The van der Waals surface area contributed by atoms with Crippen molar-refractivity contribution in [2.24, 2.45) is 5.92 Å². The van der Waals surface area contributed by atoms with Crippen LogP contribution >= 0.6 is 0 Å². The molecule has 1 amide bonds. The minimum absolute atomic E-state index is 0.0101. The average Bonchev–Trinajstić information content (AvgIpc) is 3.05. The molecule has 1 aromatic carbocycles. The largest absolute Gasteiger partial charge is 0.509 e. The maximum absolute atomic E-state index is 13.4. The lowest BCUT2D eigenvalue weighted by atomic mass is 10.1. The molecule has 3 rings (SSSR count). The summed E-state index contributed by atoms with van der Waals surface area (Å²) in [4.78, 5) is 14.0. The second-order valence-corrected chi connectivity index (χ2v) is 12.7. The third kappa shape index (κ3) is 6.45. The van der Waals surface area contributed by atoms with Crippen LogP contribution in [0.5, 0.6) is 0 Å². The second-order valence-electron chi connectivity index (χ2n) is 9.13. The zero-order valence-electron chi connectivity index (χ0n) is 22.1. The van der Waals surface area contributed by atoms with Crippen LogP contribution in [0.4, 0.5) is 11.4 Å². The lowest BCUT2D eigenvalue weighted by Crippen LogP contribution is -2.37. The lowest BCUT2D eigenvalue weighted by molar-refractivity contribution is -0.127. The highest BCUT2D eigenvalue weighted by Crippen LogP contribution is 2.41. The van der Waals surface area contributed by atoms with Gasteiger partial charge in [-0.1, -0.05) is 47.5 Å². The Morgan fingerprint density at radius 2 is 1.92 bits per heavy atom. The molecule has 2 heterocycles. The minimum Gasteiger partial charge on any atom is -0.509 e. The minimum atomic E-state index is -4.42. The molecule has 0 bridgehead atoms. The van der Waals surface area contributed by atoms with Crippen LogP contribution in [0.15, 0.2) is 45.0 Å². The number of benzene rings is 1. The van der Waals surface area contributed by atoms with E-state index >= 15 is 0 Å². The van der Waals surface area contributed by atoms with Crippen molar-refractivity contribution in [1.82, 2.24) is 4.90 Å². The van der Waals surface area contributed by atoms with Gasteiger partial charge in [0.2, 0.25) is 19.9 Å². The molecule has 37 heavy (non-hydrogen) atoms. The summed E-state index contributed by atoms with van der Waals surface area (Å²) >= 11 is 0. The monoisotopic (exact) mass is 552 g/mol. The molecule has 1 atom stereocenters. The standard InChI is InChI=1S/C23H30N4O6S2.C2H6/c1-5-6-7-17-22(28)20(23(29)27(17)11-10-14(2)3)21-19(13-24)35(32,33)18-12-15(26-34(4,30)31)8-9-16(18)25-21;1-2/h8-9,12,14,17,25-26,28H,5-7,10-11H2,1-4H3;1-2H3. The molecule has 0 radical (unpaired) electrons. The molecule has 0 spiro atoms. The van der Waals surface area contributed by atoms with Gasteiger partial charge in [-0.3, -0.25) is 9.52 Å². The number of rotatable bonds is 9. The van der Waals surface area contributed by atoms with Crippen molar-refractivity contribution in [3.05, 3.63) is 40.1 Å². The summed E-state index contributed by atoms with van der Waals surface area (Å²) in [6.07, 6.45) is 3.74. The van der Waals surface area contributed by atoms with Gasteiger partial charge in [0.15, 0.2) is 4.91 Å². The summed E-state index contributed by atoms with van der Waals surface area (Å²) in [5, 5.41) is 23.7. The Morgan fingerprint density at radius 1 is 1.27 bits per heavy atom. The van der Waals surface area contributed by atoms with Crippen LogP contribution in [-0.2, 0) is 24.7 Å². The Labute approximate surface area is 220 Å². The number of carbonyl (C=O) groups excluding carboxylic acids is 1. The summed E-state index contributed by atoms with van der Waals surface area (Å²) in [6.45, 7) is 10.4. The van der Waals surface area contributed by atoms with Gasteiger partial charge >= 0.3 is 0 Å². The number of fused-ring (bicyclic) bond motifs is 1. The number of sulfonamides is 1. The molecule has 0 fully saturated rings. The molecule has 2 aliphatic rings. The number of hydrogen-bond donors (Lipinski definition) is 3. The van der Waals surface area contributed by atoms with Crippen molar-refractivity contribution in [3.8, 4) is 6.07 Å². The van der Waals surface area contributed by atoms with E-state index in [0.29, 0.717) is 25.3 Å². The van der Waals surface area contributed by atoms with E-state index in [0.717, 1.165) is 25.2 Å². The highest BCUT2D eigenvalue weighted by atomic mass is 32.2. The molecular formula is C25H36N4O6S2. The summed E-state index contributed by atoms with van der Waals surface area (Å²) < 4.78 is 52.1. The van der Waals surface area contributed by atoms with Crippen molar-refractivity contribution in [3.63, 3.8) is 0 Å². The van der Waals surface area contributed by atoms with Gasteiger partial charge in [0.05, 0.1) is 28.6 Å². The average molecular weight is 553 g/mol. The van der Waals surface area contributed by atoms with E-state index in [1.54, 1.807) is 11.0 Å². The molecule has 0 aliphatic carbocycles. The summed E-state index contributed by atoms with van der Waals surface area (Å²) in [5.41, 5.74) is -0.411. The van der Waals surface area contributed by atoms with Gasteiger partial charge in [-0.25, -0.2) is 16.8 Å². The van der Waals surface area contributed by atoms with Gasteiger partial charge < -0.3 is 15.3 Å². The highest BCUT2D eigenvalue weighted by Gasteiger charge is 2.44. The molecule has 1 aromatic rings. The van der Waals surface area contributed by atoms with Crippen molar-refractivity contribution >= 4 is 37.1 Å². The number of aliphatic hydroxyl groups is 1. The van der Waals surface area contributed by atoms with Crippen LogP contribution in [0.25, 0.3) is 0 Å². The maximum Gasteiger partial charge on any atom is 0.260 e. The SMILES string of the molecule is CC.CCCCC1C(O)=C(C2=C(C#N)S(=O)(=O)c3cc(NS(C)(=O)=O)ccc3N2)C(=O)N1CCC(C)C. The molecule has 0 saturated heterocycles. The first-order valence-corrected chi connectivity index (χ1v) is 15.7. The predicted octanol–water partition coefficient (Wildman–Crippen LogP) is 4.28. The molecule has 3 N–H and O–H groups in total. The molecule has 10 nitrogen and oxygen atoms in total.